The minimum atomic E-state index is -3.53. The van der Waals surface area contributed by atoms with E-state index in [0.29, 0.717) is 28.0 Å². The van der Waals surface area contributed by atoms with Crippen LogP contribution in [0, 0.1) is 5.82 Å². The number of methoxy groups -OCH3 is 1. The van der Waals surface area contributed by atoms with Gasteiger partial charge in [0, 0.05) is 24.2 Å². The number of benzene rings is 1. The Morgan fingerprint density at radius 3 is 2.72 bits per heavy atom. The highest BCUT2D eigenvalue weighted by Crippen LogP contribution is 2.22. The first kappa shape index (κ1) is 18.9. The molecule has 11 heteroatoms. The van der Waals surface area contributed by atoms with Crippen molar-refractivity contribution in [3.63, 3.8) is 0 Å². The van der Waals surface area contributed by atoms with E-state index < -0.39 is 15.7 Å². The largest absolute Gasteiger partial charge is 0.494 e. The summed E-state index contributed by atoms with van der Waals surface area (Å²) in [5, 5.41) is 7.91. The third-order valence-corrected chi connectivity index (χ3v) is 5.02. The predicted octanol–water partition coefficient (Wildman–Crippen LogP) is 1.88. The quantitative estimate of drug-likeness (QED) is 0.455. The van der Waals surface area contributed by atoms with Gasteiger partial charge in [0.1, 0.15) is 5.52 Å². The van der Waals surface area contributed by atoms with Crippen LogP contribution in [0.15, 0.2) is 47.9 Å². The second-order valence-corrected chi connectivity index (χ2v) is 8.19. The SMILES string of the molecule is COc1ccc(Cn2nnc3cc(-c4ccnc(S(C)(=O)=O)n4)cnc32)cc1F. The second kappa shape index (κ2) is 7.17. The van der Waals surface area contributed by atoms with Crippen molar-refractivity contribution in [2.45, 2.75) is 11.7 Å². The number of rotatable bonds is 5. The van der Waals surface area contributed by atoms with Crippen LogP contribution in [0.4, 0.5) is 4.39 Å². The van der Waals surface area contributed by atoms with Crippen LogP contribution in [0.25, 0.3) is 22.4 Å². The van der Waals surface area contributed by atoms with E-state index in [4.69, 9.17) is 4.74 Å². The van der Waals surface area contributed by atoms with E-state index in [1.165, 1.54) is 19.4 Å². The zero-order valence-corrected chi connectivity index (χ0v) is 16.3. The van der Waals surface area contributed by atoms with Gasteiger partial charge in [-0.3, -0.25) is 0 Å². The molecule has 0 fully saturated rings. The number of hydrogen-bond donors (Lipinski definition) is 0. The molecule has 0 N–H and O–H groups in total. The third kappa shape index (κ3) is 3.76. The molecule has 0 spiro atoms. The monoisotopic (exact) mass is 414 g/mol. The molecule has 1 aromatic carbocycles. The molecule has 0 unspecified atom stereocenters. The Labute approximate surface area is 165 Å². The first-order chi connectivity index (χ1) is 13.8. The molecule has 0 atom stereocenters. The van der Waals surface area contributed by atoms with Gasteiger partial charge in [-0.25, -0.2) is 32.4 Å². The Morgan fingerprint density at radius 2 is 2.00 bits per heavy atom. The van der Waals surface area contributed by atoms with E-state index >= 15 is 0 Å². The average molecular weight is 414 g/mol. The van der Waals surface area contributed by atoms with E-state index in [9.17, 15) is 12.8 Å². The second-order valence-electron chi connectivity index (χ2n) is 6.28. The van der Waals surface area contributed by atoms with Gasteiger partial charge in [-0.2, -0.15) is 0 Å². The molecule has 0 aliphatic heterocycles. The summed E-state index contributed by atoms with van der Waals surface area (Å²) in [6, 6.07) is 7.94. The molecule has 4 aromatic rings. The predicted molar refractivity (Wildman–Crippen MR) is 102 cm³/mol. The van der Waals surface area contributed by atoms with E-state index in [0.717, 1.165) is 6.26 Å². The summed E-state index contributed by atoms with van der Waals surface area (Å²) in [5.74, 6) is -0.298. The summed E-state index contributed by atoms with van der Waals surface area (Å²) in [5.41, 5.74) is 2.65. The van der Waals surface area contributed by atoms with Crippen molar-refractivity contribution in [1.82, 2.24) is 29.9 Å². The number of ether oxygens (including phenoxy) is 1. The van der Waals surface area contributed by atoms with E-state index in [1.807, 2.05) is 0 Å². The van der Waals surface area contributed by atoms with Crippen LogP contribution in [-0.4, -0.2) is 51.7 Å². The van der Waals surface area contributed by atoms with Crippen LogP contribution in [0.2, 0.25) is 0 Å². The maximum atomic E-state index is 13.9. The van der Waals surface area contributed by atoms with Crippen LogP contribution < -0.4 is 4.74 Å². The molecule has 0 amide bonds. The lowest BCUT2D eigenvalue weighted by atomic mass is 10.2. The summed E-state index contributed by atoms with van der Waals surface area (Å²) in [7, 11) is -2.13. The minimum absolute atomic E-state index is 0.165. The Kier molecular flexibility index (Phi) is 4.66. The zero-order chi connectivity index (χ0) is 20.6. The molecule has 0 aliphatic carbocycles. The van der Waals surface area contributed by atoms with Gasteiger partial charge in [0.05, 0.1) is 19.3 Å². The van der Waals surface area contributed by atoms with Gasteiger partial charge in [0.2, 0.25) is 15.0 Å². The lowest BCUT2D eigenvalue weighted by molar-refractivity contribution is 0.386. The minimum Gasteiger partial charge on any atom is -0.494 e. The van der Waals surface area contributed by atoms with Gasteiger partial charge in [0.15, 0.2) is 17.2 Å². The molecule has 9 nitrogen and oxygen atoms in total. The number of fused-ring (bicyclic) bond motifs is 1. The standard InChI is InChI=1S/C18H15FN6O3S/c1-28-16-4-3-11(7-13(16)19)10-25-17-15(23-24-25)8-12(9-21-17)14-5-6-20-18(22-14)29(2,26)27/h3-9H,10H2,1-2H3. The van der Waals surface area contributed by atoms with Crippen LogP contribution in [-0.2, 0) is 16.4 Å². The summed E-state index contributed by atoms with van der Waals surface area (Å²) in [6.07, 6.45) is 3.96. The van der Waals surface area contributed by atoms with Crippen LogP contribution in [0.5, 0.6) is 5.75 Å². The van der Waals surface area contributed by atoms with Gasteiger partial charge >= 0.3 is 0 Å². The molecular weight excluding hydrogens is 399 g/mol. The number of pyridine rings is 1. The van der Waals surface area contributed by atoms with Crippen LogP contribution >= 0.6 is 0 Å². The molecule has 0 saturated carbocycles. The highest BCUT2D eigenvalue weighted by Gasteiger charge is 2.14. The zero-order valence-electron chi connectivity index (χ0n) is 15.4. The van der Waals surface area contributed by atoms with Crippen molar-refractivity contribution in [1.29, 1.82) is 0 Å². The van der Waals surface area contributed by atoms with Crippen LogP contribution in [0.1, 0.15) is 5.56 Å². The molecule has 0 bridgehead atoms. The van der Waals surface area contributed by atoms with Crippen molar-refractivity contribution in [3.8, 4) is 17.0 Å². The fourth-order valence-corrected chi connectivity index (χ4v) is 3.29. The summed E-state index contributed by atoms with van der Waals surface area (Å²) >= 11 is 0. The van der Waals surface area contributed by atoms with Crippen LogP contribution in [0.3, 0.4) is 0 Å². The number of aromatic nitrogens is 6. The van der Waals surface area contributed by atoms with Crippen molar-refractivity contribution < 1.29 is 17.5 Å². The highest BCUT2D eigenvalue weighted by atomic mass is 32.2. The van der Waals surface area contributed by atoms with Gasteiger partial charge < -0.3 is 4.74 Å². The summed E-state index contributed by atoms with van der Waals surface area (Å²) in [4.78, 5) is 12.2. The first-order valence-corrected chi connectivity index (χ1v) is 10.3. The van der Waals surface area contributed by atoms with Crippen molar-refractivity contribution >= 4 is 21.0 Å². The first-order valence-electron chi connectivity index (χ1n) is 8.40. The smallest absolute Gasteiger partial charge is 0.247 e. The highest BCUT2D eigenvalue weighted by molar-refractivity contribution is 7.90. The molecule has 3 aromatic heterocycles. The lowest BCUT2D eigenvalue weighted by Gasteiger charge is -2.06. The summed E-state index contributed by atoms with van der Waals surface area (Å²) < 4.78 is 43.7. The third-order valence-electron chi connectivity index (χ3n) is 4.16. The normalized spacial score (nSPS) is 11.7. The molecule has 4 rings (SSSR count). The van der Waals surface area contributed by atoms with E-state index in [2.05, 4.69) is 25.3 Å². The number of halogens is 1. The number of nitrogens with zero attached hydrogens (tertiary/aromatic N) is 6. The molecule has 148 valence electrons. The van der Waals surface area contributed by atoms with Gasteiger partial charge in [-0.15, -0.1) is 5.10 Å². The molecular formula is C18H15FN6O3S. The number of hydrogen-bond acceptors (Lipinski definition) is 8. The Bertz CT molecular complexity index is 1320. The maximum Gasteiger partial charge on any atom is 0.247 e. The molecule has 29 heavy (non-hydrogen) atoms. The molecule has 0 radical (unpaired) electrons. The Morgan fingerprint density at radius 1 is 1.17 bits per heavy atom. The molecule has 0 saturated heterocycles. The summed E-state index contributed by atoms with van der Waals surface area (Å²) in [6.45, 7) is 0.273. The maximum absolute atomic E-state index is 13.9. The van der Waals surface area contributed by atoms with Gasteiger partial charge in [-0.1, -0.05) is 11.3 Å². The van der Waals surface area contributed by atoms with E-state index in [-0.39, 0.29) is 17.5 Å². The van der Waals surface area contributed by atoms with Gasteiger partial charge in [-0.05, 0) is 29.8 Å². The van der Waals surface area contributed by atoms with Crippen molar-refractivity contribution in [2.24, 2.45) is 0 Å². The lowest BCUT2D eigenvalue weighted by Crippen LogP contribution is -2.05. The Balaban J connectivity index is 1.67. The fourth-order valence-electron chi connectivity index (χ4n) is 2.77. The van der Waals surface area contributed by atoms with Crippen molar-refractivity contribution in [3.05, 3.63) is 54.1 Å². The van der Waals surface area contributed by atoms with E-state index in [1.54, 1.807) is 35.1 Å². The number of sulfone groups is 1. The Hall–Kier alpha value is -3.47. The molecule has 0 aliphatic rings. The van der Waals surface area contributed by atoms with Gasteiger partial charge in [0.25, 0.3) is 0 Å². The molecule has 3 heterocycles. The topological polar surface area (TPSA) is 113 Å². The average Bonchev–Trinajstić information content (AvgIpc) is 3.10. The fraction of sp³-hybridized carbons (Fsp3) is 0.167. The van der Waals surface area contributed by atoms with Crippen molar-refractivity contribution in [2.75, 3.05) is 13.4 Å².